The maximum absolute atomic E-state index is 12.4. The molecule has 0 bridgehead atoms. The number of aliphatic hydroxyl groups is 1. The zero-order chi connectivity index (χ0) is 14.0. The summed E-state index contributed by atoms with van der Waals surface area (Å²) in [5, 5.41) is 10.1. The van der Waals surface area contributed by atoms with Gasteiger partial charge < -0.3 is 14.6 Å². The van der Waals surface area contributed by atoms with Crippen molar-refractivity contribution in [3.63, 3.8) is 0 Å². The number of aromatic nitrogens is 2. The van der Waals surface area contributed by atoms with E-state index in [2.05, 4.69) is 18.8 Å². The minimum atomic E-state index is -0.731. The van der Waals surface area contributed by atoms with Gasteiger partial charge in [0.2, 0.25) is 0 Å². The fourth-order valence-electron chi connectivity index (χ4n) is 2.59. The Balaban J connectivity index is 2.27. The number of β-amino-alcohol motifs (C(OH)–C–C–N with tert-alkyl or cyclic N) is 1. The number of rotatable bonds is 3. The van der Waals surface area contributed by atoms with Crippen LogP contribution in [0, 0.1) is 5.92 Å². The summed E-state index contributed by atoms with van der Waals surface area (Å²) in [7, 11) is 0. The summed E-state index contributed by atoms with van der Waals surface area (Å²) in [5.74, 6) is 0.875. The zero-order valence-corrected chi connectivity index (χ0v) is 12.0. The first-order valence-electron chi connectivity index (χ1n) is 6.92. The van der Waals surface area contributed by atoms with Gasteiger partial charge in [-0.2, -0.15) is 0 Å². The molecule has 0 saturated carbocycles. The molecule has 0 aliphatic carbocycles. The van der Waals surface area contributed by atoms with E-state index in [1.165, 1.54) is 0 Å². The highest BCUT2D eigenvalue weighted by Gasteiger charge is 2.30. The predicted molar refractivity (Wildman–Crippen MR) is 75.4 cm³/mol. The number of piperidine rings is 1. The van der Waals surface area contributed by atoms with Crippen LogP contribution >= 0.6 is 0 Å². The first-order chi connectivity index (χ1) is 8.89. The van der Waals surface area contributed by atoms with Crippen molar-refractivity contribution in [1.29, 1.82) is 0 Å². The van der Waals surface area contributed by atoms with E-state index in [1.54, 1.807) is 17.0 Å². The van der Waals surface area contributed by atoms with Crippen LogP contribution < -0.4 is 10.5 Å². The largest absolute Gasteiger partial charge is 0.388 e. The molecule has 0 radical (unpaired) electrons. The molecule has 1 aliphatic heterocycles. The maximum Gasteiger partial charge on any atom is 0.293 e. The molecule has 0 amide bonds. The summed E-state index contributed by atoms with van der Waals surface area (Å²) in [6.07, 6.45) is 5.06. The average molecular weight is 265 g/mol. The van der Waals surface area contributed by atoms with Crippen LogP contribution in [0.2, 0.25) is 0 Å². The van der Waals surface area contributed by atoms with Crippen LogP contribution in [-0.4, -0.2) is 33.3 Å². The Bertz CT molecular complexity index is 494. The molecule has 0 spiro atoms. The Kier molecular flexibility index (Phi) is 3.94. The second kappa shape index (κ2) is 5.33. The molecule has 1 aliphatic rings. The molecule has 1 saturated heterocycles. The van der Waals surface area contributed by atoms with Crippen molar-refractivity contribution >= 4 is 5.82 Å². The molecule has 106 valence electrons. The van der Waals surface area contributed by atoms with Crippen molar-refractivity contribution < 1.29 is 5.11 Å². The Morgan fingerprint density at radius 2 is 2.26 bits per heavy atom. The molecular weight excluding hydrogens is 242 g/mol. The van der Waals surface area contributed by atoms with Gasteiger partial charge in [0.1, 0.15) is 0 Å². The molecule has 19 heavy (non-hydrogen) atoms. The fraction of sp³-hybridized carbons (Fsp3) is 0.714. The van der Waals surface area contributed by atoms with Crippen molar-refractivity contribution in [3.8, 4) is 0 Å². The van der Waals surface area contributed by atoms with Gasteiger partial charge in [0, 0.05) is 32.0 Å². The summed E-state index contributed by atoms with van der Waals surface area (Å²) in [6, 6.07) is 0. The van der Waals surface area contributed by atoms with E-state index < -0.39 is 5.60 Å². The lowest BCUT2D eigenvalue weighted by molar-refractivity contribution is 0.0446. The minimum Gasteiger partial charge on any atom is -0.388 e. The molecule has 1 unspecified atom stereocenters. The second-order valence-corrected chi connectivity index (χ2v) is 6.12. The summed E-state index contributed by atoms with van der Waals surface area (Å²) >= 11 is 0. The molecule has 2 rings (SSSR count). The van der Waals surface area contributed by atoms with Gasteiger partial charge in [-0.25, -0.2) is 4.98 Å². The van der Waals surface area contributed by atoms with Gasteiger partial charge in [0.05, 0.1) is 5.60 Å². The molecule has 1 aromatic heterocycles. The third kappa shape index (κ3) is 3.35. The lowest BCUT2D eigenvalue weighted by Gasteiger charge is -2.37. The second-order valence-electron chi connectivity index (χ2n) is 6.12. The van der Waals surface area contributed by atoms with Crippen LogP contribution in [-0.2, 0) is 6.54 Å². The molecule has 1 atom stereocenters. The lowest BCUT2D eigenvalue weighted by atomic mass is 9.95. The molecule has 0 aromatic carbocycles. The Morgan fingerprint density at radius 1 is 1.53 bits per heavy atom. The quantitative estimate of drug-likeness (QED) is 0.893. The normalized spacial score (nSPS) is 23.9. The van der Waals surface area contributed by atoms with Crippen LogP contribution in [0.4, 0.5) is 5.82 Å². The molecule has 2 heterocycles. The minimum absolute atomic E-state index is 0.0612. The van der Waals surface area contributed by atoms with E-state index in [0.29, 0.717) is 24.8 Å². The van der Waals surface area contributed by atoms with E-state index >= 15 is 0 Å². The van der Waals surface area contributed by atoms with Crippen LogP contribution in [0.25, 0.3) is 0 Å². The van der Waals surface area contributed by atoms with Gasteiger partial charge in [-0.1, -0.05) is 13.8 Å². The van der Waals surface area contributed by atoms with Crippen LogP contribution in [0.1, 0.15) is 33.6 Å². The van der Waals surface area contributed by atoms with E-state index in [4.69, 9.17) is 0 Å². The molecule has 1 fully saturated rings. The van der Waals surface area contributed by atoms with Crippen molar-refractivity contribution in [1.82, 2.24) is 9.55 Å². The Hall–Kier alpha value is -1.36. The SMILES string of the molecule is CC(C)Cn1ccnc(N2CCCC(C)(O)C2)c1=O. The summed E-state index contributed by atoms with van der Waals surface area (Å²) in [5.41, 5.74) is -0.792. The van der Waals surface area contributed by atoms with Gasteiger partial charge in [-0.3, -0.25) is 4.79 Å². The monoisotopic (exact) mass is 265 g/mol. The Labute approximate surface area is 113 Å². The van der Waals surface area contributed by atoms with E-state index in [0.717, 1.165) is 19.4 Å². The van der Waals surface area contributed by atoms with Crippen molar-refractivity contribution in [2.75, 3.05) is 18.0 Å². The first-order valence-corrected chi connectivity index (χ1v) is 6.92. The maximum atomic E-state index is 12.4. The summed E-state index contributed by atoms with van der Waals surface area (Å²) in [6.45, 7) is 7.93. The molecule has 5 nitrogen and oxygen atoms in total. The number of nitrogens with zero attached hydrogens (tertiary/aromatic N) is 3. The third-order valence-electron chi connectivity index (χ3n) is 3.43. The highest BCUT2D eigenvalue weighted by Crippen LogP contribution is 2.22. The van der Waals surface area contributed by atoms with Crippen LogP contribution in [0.3, 0.4) is 0 Å². The Morgan fingerprint density at radius 3 is 2.89 bits per heavy atom. The summed E-state index contributed by atoms with van der Waals surface area (Å²) < 4.78 is 1.70. The van der Waals surface area contributed by atoms with Crippen molar-refractivity contribution in [2.45, 2.75) is 45.8 Å². The van der Waals surface area contributed by atoms with Gasteiger partial charge in [0.25, 0.3) is 5.56 Å². The van der Waals surface area contributed by atoms with Crippen molar-refractivity contribution in [2.24, 2.45) is 5.92 Å². The van der Waals surface area contributed by atoms with Gasteiger partial charge in [-0.05, 0) is 25.7 Å². The smallest absolute Gasteiger partial charge is 0.293 e. The number of hydrogen-bond acceptors (Lipinski definition) is 4. The number of hydrogen-bond donors (Lipinski definition) is 1. The first kappa shape index (κ1) is 14.1. The molecule has 5 heteroatoms. The molecular formula is C14H23N3O2. The van der Waals surface area contributed by atoms with Crippen molar-refractivity contribution in [3.05, 3.63) is 22.7 Å². The van der Waals surface area contributed by atoms with Crippen LogP contribution in [0.15, 0.2) is 17.2 Å². The number of anilines is 1. The molecule has 1 aromatic rings. The lowest BCUT2D eigenvalue weighted by Crippen LogP contribution is -2.48. The van der Waals surface area contributed by atoms with Gasteiger partial charge >= 0.3 is 0 Å². The van der Waals surface area contributed by atoms with E-state index in [9.17, 15) is 9.90 Å². The van der Waals surface area contributed by atoms with E-state index in [-0.39, 0.29) is 5.56 Å². The highest BCUT2D eigenvalue weighted by atomic mass is 16.3. The summed E-state index contributed by atoms with van der Waals surface area (Å²) in [4.78, 5) is 18.5. The predicted octanol–water partition coefficient (Wildman–Crippen LogP) is 1.25. The average Bonchev–Trinajstić information content (AvgIpc) is 2.30. The van der Waals surface area contributed by atoms with Gasteiger partial charge in [0.15, 0.2) is 5.82 Å². The third-order valence-corrected chi connectivity index (χ3v) is 3.43. The molecule has 1 N–H and O–H groups in total. The standard InChI is InChI=1S/C14H23N3O2/c1-11(2)9-16-8-6-15-12(13(16)18)17-7-4-5-14(3,19)10-17/h6,8,11,19H,4-5,7,9-10H2,1-3H3. The van der Waals surface area contributed by atoms with E-state index in [1.807, 2.05) is 11.8 Å². The van der Waals surface area contributed by atoms with Gasteiger partial charge in [-0.15, -0.1) is 0 Å². The van der Waals surface area contributed by atoms with Crippen LogP contribution in [0.5, 0.6) is 0 Å². The topological polar surface area (TPSA) is 58.4 Å². The highest BCUT2D eigenvalue weighted by molar-refractivity contribution is 5.37. The fourth-order valence-corrected chi connectivity index (χ4v) is 2.59. The zero-order valence-electron chi connectivity index (χ0n) is 12.0.